The normalized spacial score (nSPS) is 12.0. The van der Waals surface area contributed by atoms with Gasteiger partial charge in [-0.1, -0.05) is 0 Å². The molecule has 7 heavy (non-hydrogen) atoms. The molecule has 0 bridgehead atoms. The number of aryl methyl sites for hydroxylation is 1. The first-order valence-corrected chi connectivity index (χ1v) is 3.37. The molecule has 1 nitrogen and oxygen atoms in total. The van der Waals surface area contributed by atoms with Crippen molar-refractivity contribution in [2.24, 2.45) is 0 Å². The summed E-state index contributed by atoms with van der Waals surface area (Å²) in [5, 5.41) is 3.62. The van der Waals surface area contributed by atoms with Crippen LogP contribution < -0.4 is 0 Å². The Morgan fingerprint density at radius 1 is 1.71 bits per heavy atom. The van der Waals surface area contributed by atoms with Crippen LogP contribution in [0.15, 0.2) is 16.8 Å². The molecular formula is C5H7OS+. The van der Waals surface area contributed by atoms with Crippen LogP contribution in [0.25, 0.3) is 0 Å². The van der Waals surface area contributed by atoms with Gasteiger partial charge in [0.15, 0.2) is 10.8 Å². The van der Waals surface area contributed by atoms with E-state index < -0.39 is 10.8 Å². The van der Waals surface area contributed by atoms with E-state index in [-0.39, 0.29) is 0 Å². The van der Waals surface area contributed by atoms with Gasteiger partial charge in [0.25, 0.3) is 0 Å². The summed E-state index contributed by atoms with van der Waals surface area (Å²) >= 11 is 0. The maximum Gasteiger partial charge on any atom is 0.177 e. The molecule has 1 unspecified atom stereocenters. The maximum absolute atomic E-state index is 8.76. The van der Waals surface area contributed by atoms with Crippen molar-refractivity contribution in [2.75, 3.05) is 0 Å². The molecule has 0 saturated carbocycles. The Labute approximate surface area is 45.4 Å². The molecule has 0 fully saturated rings. The Hall–Kier alpha value is -0.340. The zero-order valence-corrected chi connectivity index (χ0v) is 4.90. The Morgan fingerprint density at radius 2 is 2.43 bits per heavy atom. The lowest BCUT2D eigenvalue weighted by Gasteiger charge is -1.61. The predicted octanol–water partition coefficient (Wildman–Crippen LogP) is 1.88. The third-order valence-electron chi connectivity index (χ3n) is 0.777. The zero-order chi connectivity index (χ0) is 5.28. The van der Waals surface area contributed by atoms with Gasteiger partial charge in [-0.15, -0.1) is 0 Å². The molecule has 0 aliphatic rings. The van der Waals surface area contributed by atoms with Crippen LogP contribution in [0.1, 0.15) is 5.56 Å². The van der Waals surface area contributed by atoms with Crippen LogP contribution in [0, 0.1) is 6.92 Å². The number of rotatable bonds is 0. The fourth-order valence-electron chi connectivity index (χ4n) is 0.446. The maximum atomic E-state index is 8.76. The first-order chi connectivity index (χ1) is 3.29. The van der Waals surface area contributed by atoms with E-state index in [4.69, 9.17) is 4.55 Å². The van der Waals surface area contributed by atoms with E-state index >= 15 is 0 Å². The Bertz CT molecular complexity index is 140. The highest BCUT2D eigenvalue weighted by atomic mass is 32.2. The van der Waals surface area contributed by atoms with E-state index in [2.05, 4.69) is 0 Å². The monoisotopic (exact) mass is 115 g/mol. The van der Waals surface area contributed by atoms with E-state index in [1.807, 2.05) is 18.4 Å². The summed E-state index contributed by atoms with van der Waals surface area (Å²) in [5.74, 6) is 0. The zero-order valence-electron chi connectivity index (χ0n) is 4.09. The lowest BCUT2D eigenvalue weighted by Crippen LogP contribution is -1.49. The molecule has 0 radical (unpaired) electrons. The van der Waals surface area contributed by atoms with Gasteiger partial charge in [0.2, 0.25) is 0 Å². The molecule has 0 aromatic carbocycles. The smallest absolute Gasteiger partial charge is 0.164 e. The fourth-order valence-corrected chi connectivity index (χ4v) is 1.34. The molecule has 1 heterocycles. The average molecular weight is 115 g/mol. The van der Waals surface area contributed by atoms with E-state index in [1.54, 1.807) is 5.38 Å². The molecule has 0 aliphatic heterocycles. The van der Waals surface area contributed by atoms with Crippen molar-refractivity contribution in [2.45, 2.75) is 6.92 Å². The van der Waals surface area contributed by atoms with Crippen molar-refractivity contribution in [3.63, 3.8) is 0 Å². The molecule has 1 atom stereocenters. The van der Waals surface area contributed by atoms with Gasteiger partial charge in [-0.3, -0.25) is 0 Å². The van der Waals surface area contributed by atoms with Gasteiger partial charge in [-0.25, -0.2) is 0 Å². The molecule has 0 amide bonds. The summed E-state index contributed by atoms with van der Waals surface area (Å²) in [5.41, 5.74) is 1.16. The topological polar surface area (TPSA) is 20.2 Å². The summed E-state index contributed by atoms with van der Waals surface area (Å²) in [4.78, 5) is 0. The van der Waals surface area contributed by atoms with Gasteiger partial charge in [-0.05, 0) is 6.92 Å². The van der Waals surface area contributed by atoms with Crippen molar-refractivity contribution < 1.29 is 4.55 Å². The SMILES string of the molecule is Cc1cc[s+](O)c1. The second kappa shape index (κ2) is 1.64. The highest BCUT2D eigenvalue weighted by Crippen LogP contribution is 2.13. The molecule has 0 aliphatic carbocycles. The minimum absolute atomic E-state index is 0.546. The molecule has 2 heteroatoms. The predicted molar refractivity (Wildman–Crippen MR) is 31.0 cm³/mol. The van der Waals surface area contributed by atoms with Crippen LogP contribution in [-0.4, -0.2) is 4.55 Å². The Balaban J connectivity index is 3.04. The van der Waals surface area contributed by atoms with Crippen LogP contribution >= 0.6 is 10.8 Å². The van der Waals surface area contributed by atoms with Crippen LogP contribution in [0.3, 0.4) is 0 Å². The van der Waals surface area contributed by atoms with Crippen molar-refractivity contribution in [1.82, 2.24) is 0 Å². The average Bonchev–Trinajstić information content (AvgIpc) is 1.87. The lowest BCUT2D eigenvalue weighted by molar-refractivity contribution is 0.643. The van der Waals surface area contributed by atoms with Gasteiger partial charge >= 0.3 is 0 Å². The second-order valence-corrected chi connectivity index (χ2v) is 2.71. The first-order valence-electron chi connectivity index (χ1n) is 2.06. The summed E-state index contributed by atoms with van der Waals surface area (Å²) in [6.45, 7) is 1.97. The lowest BCUT2D eigenvalue weighted by atomic mass is 10.4. The highest BCUT2D eigenvalue weighted by molar-refractivity contribution is 7.22. The van der Waals surface area contributed by atoms with Gasteiger partial charge in [0, 0.05) is 11.6 Å². The van der Waals surface area contributed by atoms with E-state index in [0.29, 0.717) is 0 Å². The van der Waals surface area contributed by atoms with E-state index in [9.17, 15) is 0 Å². The molecule has 1 aromatic heterocycles. The van der Waals surface area contributed by atoms with Gasteiger partial charge in [0.05, 0.1) is 0 Å². The summed E-state index contributed by atoms with van der Waals surface area (Å²) < 4.78 is 8.76. The summed E-state index contributed by atoms with van der Waals surface area (Å²) in [6, 6.07) is 1.92. The highest BCUT2D eigenvalue weighted by Gasteiger charge is 1.96. The minimum Gasteiger partial charge on any atom is -0.164 e. The molecular weight excluding hydrogens is 108 g/mol. The van der Waals surface area contributed by atoms with Crippen molar-refractivity contribution in [3.05, 3.63) is 22.4 Å². The van der Waals surface area contributed by atoms with Crippen molar-refractivity contribution in [1.29, 1.82) is 0 Å². The third-order valence-corrected chi connectivity index (χ3v) is 1.81. The number of hydrogen-bond donors (Lipinski definition) is 1. The largest absolute Gasteiger partial charge is 0.177 e. The second-order valence-electron chi connectivity index (χ2n) is 1.51. The molecule has 1 rings (SSSR count). The van der Waals surface area contributed by atoms with Crippen LogP contribution in [-0.2, 0) is 0 Å². The molecule has 0 spiro atoms. The summed E-state index contributed by atoms with van der Waals surface area (Å²) in [6.07, 6.45) is 0. The van der Waals surface area contributed by atoms with Crippen molar-refractivity contribution >= 4 is 10.8 Å². The van der Waals surface area contributed by atoms with E-state index in [1.165, 1.54) is 0 Å². The van der Waals surface area contributed by atoms with Crippen LogP contribution in [0.4, 0.5) is 0 Å². The number of thiophene rings is 1. The van der Waals surface area contributed by atoms with E-state index in [0.717, 1.165) is 5.56 Å². The van der Waals surface area contributed by atoms with Crippen LogP contribution in [0.2, 0.25) is 0 Å². The first kappa shape index (κ1) is 4.81. The van der Waals surface area contributed by atoms with Crippen molar-refractivity contribution in [3.8, 4) is 0 Å². The molecule has 1 aromatic rings. The Morgan fingerprint density at radius 3 is 2.57 bits per heavy atom. The Kier molecular flexibility index (Phi) is 1.13. The molecule has 1 N–H and O–H groups in total. The van der Waals surface area contributed by atoms with Gasteiger partial charge < -0.3 is 0 Å². The minimum atomic E-state index is -0.546. The van der Waals surface area contributed by atoms with Crippen LogP contribution in [0.5, 0.6) is 0 Å². The summed E-state index contributed by atoms with van der Waals surface area (Å²) in [7, 11) is -0.546. The molecule has 38 valence electrons. The number of hydrogen-bond acceptors (Lipinski definition) is 1. The van der Waals surface area contributed by atoms with Gasteiger partial charge in [0.1, 0.15) is 10.8 Å². The molecule has 0 saturated heterocycles. The standard InChI is InChI=1S/C5H7OS/c1-5-2-3-7(6)4-5/h2-4,6H,1H3/q+1. The third kappa shape index (κ3) is 1.01. The quantitative estimate of drug-likeness (QED) is 0.512. The van der Waals surface area contributed by atoms with Gasteiger partial charge in [-0.2, -0.15) is 4.55 Å². The fraction of sp³-hybridized carbons (Fsp3) is 0.200.